The molecular weight excluding hydrogens is 188 g/mol. The molecule has 2 rings (SSSR count). The van der Waals surface area contributed by atoms with Crippen molar-refractivity contribution in [3.05, 3.63) is 41.4 Å². The second kappa shape index (κ2) is 4.23. The van der Waals surface area contributed by atoms with E-state index in [0.29, 0.717) is 12.3 Å². The maximum absolute atomic E-state index is 8.05. The first kappa shape index (κ1) is 9.86. The first-order valence-corrected chi connectivity index (χ1v) is 4.96. The molecule has 0 spiro atoms. The van der Waals surface area contributed by atoms with Crippen molar-refractivity contribution in [1.82, 2.24) is 10.3 Å². The van der Waals surface area contributed by atoms with Crippen LogP contribution < -0.4 is 11.1 Å². The smallest absolute Gasteiger partial charge is 0.0675 e. The second-order valence-electron chi connectivity index (χ2n) is 3.54. The summed E-state index contributed by atoms with van der Waals surface area (Å²) in [7, 11) is 0. The van der Waals surface area contributed by atoms with Crippen LogP contribution in [0.3, 0.4) is 0 Å². The van der Waals surface area contributed by atoms with Gasteiger partial charge in [0.15, 0.2) is 0 Å². The van der Waals surface area contributed by atoms with E-state index < -0.39 is 0 Å². The molecule has 0 aromatic carbocycles. The zero-order valence-electron chi connectivity index (χ0n) is 8.46. The summed E-state index contributed by atoms with van der Waals surface area (Å²) in [5.74, 6) is 0. The Hall–Kier alpha value is -1.68. The summed E-state index contributed by atoms with van der Waals surface area (Å²) in [5, 5.41) is 11.3. The molecule has 1 aliphatic rings. The first-order valence-electron chi connectivity index (χ1n) is 4.96. The van der Waals surface area contributed by atoms with Gasteiger partial charge in [-0.15, -0.1) is 0 Å². The van der Waals surface area contributed by atoms with E-state index in [1.165, 1.54) is 0 Å². The molecule has 0 amide bonds. The van der Waals surface area contributed by atoms with Crippen LogP contribution in [-0.2, 0) is 0 Å². The molecule has 78 valence electrons. The quantitative estimate of drug-likeness (QED) is 0.616. The van der Waals surface area contributed by atoms with Crippen molar-refractivity contribution in [2.45, 2.75) is 6.42 Å². The van der Waals surface area contributed by atoms with Gasteiger partial charge in [-0.3, -0.25) is 10.4 Å². The van der Waals surface area contributed by atoms with Crippen LogP contribution in [0.1, 0.15) is 12.0 Å². The number of nitrogens with one attached hydrogen (secondary N) is 2. The third-order valence-corrected chi connectivity index (χ3v) is 2.53. The minimum absolute atomic E-state index is 0.502. The fourth-order valence-electron chi connectivity index (χ4n) is 1.64. The largest absolute Gasteiger partial charge is 0.402 e. The van der Waals surface area contributed by atoms with Crippen LogP contribution in [0.2, 0.25) is 0 Å². The SMILES string of the molecule is N=C(C1=C(N)CCNC1)c1ccncc1. The number of hydrogen-bond acceptors (Lipinski definition) is 4. The van der Waals surface area contributed by atoms with Gasteiger partial charge in [0.2, 0.25) is 0 Å². The molecule has 0 aliphatic carbocycles. The summed E-state index contributed by atoms with van der Waals surface area (Å²) in [5.41, 5.74) is 9.01. The molecule has 4 heteroatoms. The molecular formula is C11H14N4. The average molecular weight is 202 g/mol. The number of nitrogens with two attached hydrogens (primary N) is 1. The van der Waals surface area contributed by atoms with Gasteiger partial charge >= 0.3 is 0 Å². The van der Waals surface area contributed by atoms with Gasteiger partial charge in [-0.25, -0.2) is 0 Å². The molecule has 15 heavy (non-hydrogen) atoms. The lowest BCUT2D eigenvalue weighted by Gasteiger charge is -2.19. The van der Waals surface area contributed by atoms with Crippen molar-refractivity contribution in [1.29, 1.82) is 5.41 Å². The number of rotatable bonds is 2. The number of nitrogens with zero attached hydrogens (tertiary/aromatic N) is 1. The van der Waals surface area contributed by atoms with Gasteiger partial charge in [-0.2, -0.15) is 0 Å². The maximum atomic E-state index is 8.05. The second-order valence-corrected chi connectivity index (χ2v) is 3.54. The summed E-state index contributed by atoms with van der Waals surface area (Å²) in [4.78, 5) is 3.93. The lowest BCUT2D eigenvalue weighted by molar-refractivity contribution is 0.686. The van der Waals surface area contributed by atoms with Crippen LogP contribution in [0.15, 0.2) is 35.8 Å². The van der Waals surface area contributed by atoms with E-state index in [0.717, 1.165) is 29.8 Å². The highest BCUT2D eigenvalue weighted by Crippen LogP contribution is 2.13. The third-order valence-electron chi connectivity index (χ3n) is 2.53. The molecule has 4 N–H and O–H groups in total. The Balaban J connectivity index is 2.28. The van der Waals surface area contributed by atoms with Crippen LogP contribution in [0.25, 0.3) is 0 Å². The summed E-state index contributed by atoms with van der Waals surface area (Å²) < 4.78 is 0. The molecule has 0 bridgehead atoms. The summed E-state index contributed by atoms with van der Waals surface area (Å²) in [6.07, 6.45) is 4.20. The number of hydrogen-bond donors (Lipinski definition) is 3. The van der Waals surface area contributed by atoms with Gasteiger partial charge in [0.05, 0.1) is 5.71 Å². The Morgan fingerprint density at radius 3 is 2.80 bits per heavy atom. The van der Waals surface area contributed by atoms with Crippen molar-refractivity contribution < 1.29 is 0 Å². The molecule has 0 fully saturated rings. The lowest BCUT2D eigenvalue weighted by atomic mass is 9.98. The van der Waals surface area contributed by atoms with E-state index in [-0.39, 0.29) is 0 Å². The summed E-state index contributed by atoms with van der Waals surface area (Å²) >= 11 is 0. The zero-order chi connectivity index (χ0) is 10.7. The minimum atomic E-state index is 0.502. The molecule has 0 unspecified atom stereocenters. The average Bonchev–Trinajstić information content (AvgIpc) is 2.30. The van der Waals surface area contributed by atoms with Gasteiger partial charge in [-0.05, 0) is 18.6 Å². The Morgan fingerprint density at radius 2 is 2.13 bits per heavy atom. The van der Waals surface area contributed by atoms with Crippen molar-refractivity contribution >= 4 is 5.71 Å². The predicted octanol–water partition coefficient (Wildman–Crippen LogP) is 0.656. The third kappa shape index (κ3) is 2.05. The minimum Gasteiger partial charge on any atom is -0.402 e. The Labute approximate surface area is 88.7 Å². The lowest BCUT2D eigenvalue weighted by Crippen LogP contribution is -2.31. The molecule has 0 saturated carbocycles. The Kier molecular flexibility index (Phi) is 2.78. The zero-order valence-corrected chi connectivity index (χ0v) is 8.46. The molecule has 1 aliphatic heterocycles. The van der Waals surface area contributed by atoms with E-state index in [1.807, 2.05) is 12.1 Å². The highest BCUT2D eigenvalue weighted by molar-refractivity contribution is 6.11. The Bertz CT molecular complexity index is 394. The van der Waals surface area contributed by atoms with Gasteiger partial charge < -0.3 is 11.1 Å². The van der Waals surface area contributed by atoms with E-state index in [1.54, 1.807) is 12.4 Å². The number of aromatic nitrogens is 1. The van der Waals surface area contributed by atoms with E-state index in [9.17, 15) is 0 Å². The van der Waals surface area contributed by atoms with Crippen LogP contribution in [0.5, 0.6) is 0 Å². The molecule has 1 aromatic heterocycles. The summed E-state index contributed by atoms with van der Waals surface area (Å²) in [6.45, 7) is 1.59. The molecule has 0 saturated heterocycles. The molecule has 4 nitrogen and oxygen atoms in total. The fourth-order valence-corrected chi connectivity index (χ4v) is 1.64. The van der Waals surface area contributed by atoms with Gasteiger partial charge in [0.25, 0.3) is 0 Å². The maximum Gasteiger partial charge on any atom is 0.0675 e. The predicted molar refractivity (Wildman–Crippen MR) is 59.8 cm³/mol. The van der Waals surface area contributed by atoms with Crippen LogP contribution in [0.4, 0.5) is 0 Å². The van der Waals surface area contributed by atoms with Gasteiger partial charge in [0.1, 0.15) is 0 Å². The van der Waals surface area contributed by atoms with Gasteiger partial charge in [-0.1, -0.05) is 0 Å². The van der Waals surface area contributed by atoms with Crippen LogP contribution in [0, 0.1) is 5.41 Å². The van der Waals surface area contributed by atoms with E-state index in [2.05, 4.69) is 10.3 Å². The molecule has 1 aromatic rings. The Morgan fingerprint density at radius 1 is 1.40 bits per heavy atom. The monoisotopic (exact) mass is 202 g/mol. The topological polar surface area (TPSA) is 74.8 Å². The molecule has 0 radical (unpaired) electrons. The molecule has 0 atom stereocenters. The number of pyridine rings is 1. The fraction of sp³-hybridized carbons (Fsp3) is 0.273. The first-order chi connectivity index (χ1) is 7.29. The summed E-state index contributed by atoms with van der Waals surface area (Å²) in [6, 6.07) is 3.66. The van der Waals surface area contributed by atoms with Crippen molar-refractivity contribution in [2.75, 3.05) is 13.1 Å². The highest BCUT2D eigenvalue weighted by Gasteiger charge is 2.14. The van der Waals surface area contributed by atoms with Crippen molar-refractivity contribution in [3.8, 4) is 0 Å². The highest BCUT2D eigenvalue weighted by atomic mass is 14.9. The van der Waals surface area contributed by atoms with E-state index in [4.69, 9.17) is 11.1 Å². The molecule has 2 heterocycles. The van der Waals surface area contributed by atoms with E-state index >= 15 is 0 Å². The van der Waals surface area contributed by atoms with Gasteiger partial charge in [0, 0.05) is 42.3 Å². The van der Waals surface area contributed by atoms with Crippen molar-refractivity contribution in [3.63, 3.8) is 0 Å². The standard InChI is InChI=1S/C11H14N4/c12-10-3-6-15-7-9(10)11(13)8-1-4-14-5-2-8/h1-2,4-5,13,15H,3,6-7,12H2. The normalized spacial score (nSPS) is 16.5. The van der Waals surface area contributed by atoms with Crippen LogP contribution >= 0.6 is 0 Å². The van der Waals surface area contributed by atoms with Crippen molar-refractivity contribution in [2.24, 2.45) is 5.73 Å². The van der Waals surface area contributed by atoms with Crippen LogP contribution in [-0.4, -0.2) is 23.8 Å².